The van der Waals surface area contributed by atoms with Gasteiger partial charge >= 0.3 is 6.09 Å². The maximum absolute atomic E-state index is 14.6. The molecule has 0 spiro atoms. The molecule has 0 unspecified atom stereocenters. The van der Waals surface area contributed by atoms with Crippen LogP contribution in [0.25, 0.3) is 0 Å². The molecule has 0 heterocycles. The number of primary amides is 1. The summed E-state index contributed by atoms with van der Waals surface area (Å²) in [5.41, 5.74) is 5.12. The van der Waals surface area contributed by atoms with Crippen molar-refractivity contribution >= 4 is 22.0 Å². The molecule has 180 valence electrons. The van der Waals surface area contributed by atoms with Crippen molar-refractivity contribution in [3.05, 3.63) is 53.8 Å². The van der Waals surface area contributed by atoms with Crippen LogP contribution in [0.3, 0.4) is 0 Å². The van der Waals surface area contributed by atoms with E-state index in [1.54, 1.807) is 6.92 Å². The quantitative estimate of drug-likeness (QED) is 0.548. The Morgan fingerprint density at radius 2 is 1.61 bits per heavy atom. The Kier molecular flexibility index (Phi) is 8.65. The van der Waals surface area contributed by atoms with Crippen LogP contribution >= 0.6 is 0 Å². The Morgan fingerprint density at radius 1 is 1.03 bits per heavy atom. The number of carbonyl (C=O) groups excluding carboxylic acids is 2. The minimum atomic E-state index is -4.60. The predicted octanol–water partition coefficient (Wildman–Crippen LogP) is 2.46. The fraction of sp³-hybridized carbons (Fsp3) is 0.300. The fourth-order valence-corrected chi connectivity index (χ4v) is 4.02. The molecule has 9 nitrogen and oxygen atoms in total. The van der Waals surface area contributed by atoms with E-state index < -0.39 is 63.2 Å². The number of rotatable bonds is 10. The largest absolute Gasteiger partial charge is 0.451 e. The van der Waals surface area contributed by atoms with Gasteiger partial charge in [0.15, 0.2) is 17.4 Å². The standard InChI is InChI=1S/C20H22F3N3O6S/c1-3-31-20(28)25(2)8-9-26(12-18(24)27)33(29,30)15-10-16(22)19(17(23)11-15)32-14-6-4-13(21)5-7-14/h4-7,10-11H,3,8-9,12H2,1-2H3,(H2,24,27). The predicted molar refractivity (Wildman–Crippen MR) is 110 cm³/mol. The average Bonchev–Trinajstić information content (AvgIpc) is 2.74. The highest BCUT2D eigenvalue weighted by molar-refractivity contribution is 7.89. The number of nitrogens with two attached hydrogens (primary N) is 1. The zero-order valence-corrected chi connectivity index (χ0v) is 18.6. The first kappa shape index (κ1) is 25.9. The smallest absolute Gasteiger partial charge is 0.409 e. The number of sulfonamides is 1. The minimum absolute atomic E-state index is 0.0813. The lowest BCUT2D eigenvalue weighted by atomic mass is 10.3. The van der Waals surface area contributed by atoms with Gasteiger partial charge in [-0.05, 0) is 43.3 Å². The first-order valence-corrected chi connectivity index (χ1v) is 11.0. The fourth-order valence-electron chi connectivity index (χ4n) is 2.60. The van der Waals surface area contributed by atoms with E-state index in [2.05, 4.69) is 0 Å². The second-order valence-corrected chi connectivity index (χ2v) is 8.64. The number of nitrogens with zero attached hydrogens (tertiary/aromatic N) is 2. The third kappa shape index (κ3) is 6.83. The first-order valence-electron chi connectivity index (χ1n) is 9.54. The molecule has 0 saturated carbocycles. The highest BCUT2D eigenvalue weighted by atomic mass is 32.2. The lowest BCUT2D eigenvalue weighted by molar-refractivity contribution is -0.118. The molecule has 0 atom stereocenters. The Balaban J connectivity index is 2.30. The van der Waals surface area contributed by atoms with Crippen LogP contribution in [0, 0.1) is 17.5 Å². The van der Waals surface area contributed by atoms with Crippen LogP contribution in [-0.2, 0) is 19.6 Å². The summed E-state index contributed by atoms with van der Waals surface area (Å²) in [6.07, 6.45) is -0.728. The highest BCUT2D eigenvalue weighted by Gasteiger charge is 2.29. The Bertz CT molecular complexity index is 1090. The van der Waals surface area contributed by atoms with Crippen LogP contribution in [0.4, 0.5) is 18.0 Å². The Hall–Kier alpha value is -3.32. The third-order valence-corrected chi connectivity index (χ3v) is 6.06. The third-order valence-electron chi connectivity index (χ3n) is 4.24. The minimum Gasteiger partial charge on any atom is -0.451 e. The number of ether oxygens (including phenoxy) is 2. The summed E-state index contributed by atoms with van der Waals surface area (Å²) >= 11 is 0. The van der Waals surface area contributed by atoms with Crippen LogP contribution in [0.5, 0.6) is 11.5 Å². The van der Waals surface area contributed by atoms with Gasteiger partial charge in [0, 0.05) is 20.1 Å². The number of carbonyl (C=O) groups is 2. The van der Waals surface area contributed by atoms with Gasteiger partial charge in [0.05, 0.1) is 18.0 Å². The van der Waals surface area contributed by atoms with Crippen molar-refractivity contribution in [2.45, 2.75) is 11.8 Å². The maximum Gasteiger partial charge on any atom is 0.409 e. The van der Waals surface area contributed by atoms with E-state index in [-0.39, 0.29) is 18.9 Å². The van der Waals surface area contributed by atoms with Crippen LogP contribution in [0.2, 0.25) is 0 Å². The van der Waals surface area contributed by atoms with Crippen molar-refractivity contribution in [1.82, 2.24) is 9.21 Å². The van der Waals surface area contributed by atoms with Gasteiger partial charge in [-0.1, -0.05) is 0 Å². The molecule has 2 aromatic rings. The summed E-state index contributed by atoms with van der Waals surface area (Å²) < 4.78 is 78.4. The molecule has 0 bridgehead atoms. The molecule has 0 aliphatic carbocycles. The zero-order chi connectivity index (χ0) is 24.8. The Labute approximate surface area is 188 Å². The first-order chi connectivity index (χ1) is 15.4. The van der Waals surface area contributed by atoms with E-state index in [9.17, 15) is 31.2 Å². The summed E-state index contributed by atoms with van der Waals surface area (Å²) in [7, 11) is -3.26. The molecule has 13 heteroatoms. The van der Waals surface area contributed by atoms with Gasteiger partial charge in [0.1, 0.15) is 11.6 Å². The van der Waals surface area contributed by atoms with Crippen LogP contribution in [0.1, 0.15) is 6.92 Å². The van der Waals surface area contributed by atoms with E-state index in [4.69, 9.17) is 15.2 Å². The van der Waals surface area contributed by atoms with Crippen molar-refractivity contribution in [2.75, 3.05) is 33.3 Å². The summed E-state index contributed by atoms with van der Waals surface area (Å²) in [6, 6.07) is 5.32. The van der Waals surface area contributed by atoms with Crippen molar-refractivity contribution in [3.8, 4) is 11.5 Å². The number of amides is 2. The molecule has 2 rings (SSSR count). The van der Waals surface area contributed by atoms with Gasteiger partial charge in [0.2, 0.25) is 15.9 Å². The molecular weight excluding hydrogens is 467 g/mol. The number of likely N-dealkylation sites (N-methyl/N-ethyl adjacent to an activating group) is 1. The van der Waals surface area contributed by atoms with Gasteiger partial charge in [-0.3, -0.25) is 4.79 Å². The van der Waals surface area contributed by atoms with Gasteiger partial charge in [-0.15, -0.1) is 0 Å². The molecule has 0 saturated heterocycles. The van der Waals surface area contributed by atoms with Gasteiger partial charge in [0.25, 0.3) is 0 Å². The topological polar surface area (TPSA) is 119 Å². The van der Waals surface area contributed by atoms with E-state index in [0.717, 1.165) is 29.2 Å². The molecule has 0 fully saturated rings. The van der Waals surface area contributed by atoms with Gasteiger partial charge in [-0.2, -0.15) is 4.31 Å². The summed E-state index contributed by atoms with van der Waals surface area (Å²) in [5, 5.41) is 0. The van der Waals surface area contributed by atoms with Crippen molar-refractivity contribution < 1.29 is 40.7 Å². The summed E-state index contributed by atoms with van der Waals surface area (Å²) in [5.74, 6) is -5.28. The van der Waals surface area contributed by atoms with E-state index in [1.807, 2.05) is 0 Å². The lowest BCUT2D eigenvalue weighted by Crippen LogP contribution is -2.43. The van der Waals surface area contributed by atoms with Crippen LogP contribution in [-0.4, -0.2) is 62.9 Å². The lowest BCUT2D eigenvalue weighted by Gasteiger charge is -2.24. The molecule has 0 aliphatic heterocycles. The summed E-state index contributed by atoms with van der Waals surface area (Å²) in [4.78, 5) is 23.4. The average molecular weight is 489 g/mol. The molecule has 0 aliphatic rings. The van der Waals surface area contributed by atoms with Crippen LogP contribution in [0.15, 0.2) is 41.3 Å². The zero-order valence-electron chi connectivity index (χ0n) is 17.8. The second-order valence-electron chi connectivity index (χ2n) is 6.70. The van der Waals surface area contributed by atoms with Gasteiger partial charge < -0.3 is 20.1 Å². The van der Waals surface area contributed by atoms with E-state index in [1.165, 1.54) is 7.05 Å². The van der Waals surface area contributed by atoms with E-state index in [0.29, 0.717) is 16.4 Å². The second kappa shape index (κ2) is 11.0. The number of halogens is 3. The monoisotopic (exact) mass is 489 g/mol. The number of hydrogen-bond donors (Lipinski definition) is 1. The maximum atomic E-state index is 14.6. The van der Waals surface area contributed by atoms with Crippen molar-refractivity contribution in [3.63, 3.8) is 0 Å². The van der Waals surface area contributed by atoms with Crippen molar-refractivity contribution in [2.24, 2.45) is 5.73 Å². The molecule has 0 radical (unpaired) electrons. The van der Waals surface area contributed by atoms with Crippen molar-refractivity contribution in [1.29, 1.82) is 0 Å². The number of benzene rings is 2. The van der Waals surface area contributed by atoms with Gasteiger partial charge in [-0.25, -0.2) is 26.4 Å². The molecule has 2 amide bonds. The van der Waals surface area contributed by atoms with Crippen LogP contribution < -0.4 is 10.5 Å². The van der Waals surface area contributed by atoms with E-state index >= 15 is 0 Å². The molecular formula is C20H22F3N3O6S. The normalized spacial score (nSPS) is 11.3. The summed E-state index contributed by atoms with van der Waals surface area (Å²) in [6.45, 7) is 0.287. The molecule has 33 heavy (non-hydrogen) atoms. The molecule has 0 aromatic heterocycles. The highest BCUT2D eigenvalue weighted by Crippen LogP contribution is 2.31. The molecule has 2 N–H and O–H groups in total. The number of hydrogen-bond acceptors (Lipinski definition) is 6. The Morgan fingerprint density at radius 3 is 2.12 bits per heavy atom. The molecule has 2 aromatic carbocycles. The SMILES string of the molecule is CCOC(=O)N(C)CCN(CC(N)=O)S(=O)(=O)c1cc(F)c(Oc2ccc(F)cc2)c(F)c1.